The maximum atomic E-state index is 13.0. The fraction of sp³-hybridized carbons (Fsp3) is 0.125. The van der Waals surface area contributed by atoms with Crippen LogP contribution in [0.3, 0.4) is 0 Å². The zero-order chi connectivity index (χ0) is 19.5. The molecule has 1 heterocycles. The number of halogens is 1. The van der Waals surface area contributed by atoms with Crippen molar-refractivity contribution in [2.24, 2.45) is 0 Å². The lowest BCUT2D eigenvalue weighted by Gasteiger charge is -2.07. The first kappa shape index (κ1) is 18.0. The molecule has 0 N–H and O–H groups in total. The molecule has 0 aliphatic carbocycles. The minimum absolute atomic E-state index is 0.139. The molecule has 0 saturated carbocycles. The fourth-order valence-corrected chi connectivity index (χ4v) is 3.01. The van der Waals surface area contributed by atoms with Crippen LogP contribution in [-0.2, 0) is 13.0 Å². The van der Waals surface area contributed by atoms with E-state index < -0.39 is 0 Å². The first-order chi connectivity index (χ1) is 13.6. The van der Waals surface area contributed by atoms with Crippen LogP contribution in [0, 0.1) is 5.82 Å². The molecule has 3 nitrogen and oxygen atoms in total. The van der Waals surface area contributed by atoms with E-state index in [1.54, 1.807) is 36.4 Å². The lowest BCUT2D eigenvalue weighted by Crippen LogP contribution is -1.98. The Morgan fingerprint density at radius 3 is 2.39 bits per heavy atom. The van der Waals surface area contributed by atoms with Gasteiger partial charge in [-0.3, -0.25) is 4.79 Å². The predicted octanol–water partition coefficient (Wildman–Crippen LogP) is 5.58. The number of allylic oxidation sites excluding steroid dienone is 1. The van der Waals surface area contributed by atoms with Crippen molar-refractivity contribution in [2.45, 2.75) is 20.0 Å². The van der Waals surface area contributed by atoms with E-state index in [-0.39, 0.29) is 11.6 Å². The van der Waals surface area contributed by atoms with Gasteiger partial charge in [-0.1, -0.05) is 43.3 Å². The second-order valence-electron chi connectivity index (χ2n) is 6.61. The second-order valence-corrected chi connectivity index (χ2v) is 6.61. The van der Waals surface area contributed by atoms with Crippen molar-refractivity contribution in [1.29, 1.82) is 0 Å². The van der Waals surface area contributed by atoms with E-state index in [1.165, 1.54) is 17.7 Å². The molecule has 0 saturated heterocycles. The zero-order valence-corrected chi connectivity index (χ0v) is 15.4. The summed E-state index contributed by atoms with van der Waals surface area (Å²) >= 11 is 0. The van der Waals surface area contributed by atoms with E-state index in [1.807, 2.05) is 24.3 Å². The second kappa shape index (κ2) is 7.69. The molecule has 140 valence electrons. The van der Waals surface area contributed by atoms with E-state index in [0.717, 1.165) is 17.5 Å². The quantitative estimate of drug-likeness (QED) is 0.547. The first-order valence-corrected chi connectivity index (χ1v) is 9.17. The maximum absolute atomic E-state index is 13.0. The summed E-state index contributed by atoms with van der Waals surface area (Å²) in [6.45, 7) is 2.41. The molecule has 0 amide bonds. The van der Waals surface area contributed by atoms with Gasteiger partial charge < -0.3 is 9.47 Å². The van der Waals surface area contributed by atoms with Crippen molar-refractivity contribution in [2.75, 3.05) is 0 Å². The normalized spacial score (nSPS) is 14.1. The number of aryl methyl sites for hydroxylation is 1. The first-order valence-electron chi connectivity index (χ1n) is 9.17. The van der Waals surface area contributed by atoms with E-state index in [2.05, 4.69) is 6.92 Å². The highest BCUT2D eigenvalue weighted by Crippen LogP contribution is 2.35. The van der Waals surface area contributed by atoms with Crippen LogP contribution in [0.2, 0.25) is 0 Å². The van der Waals surface area contributed by atoms with Crippen molar-refractivity contribution in [3.63, 3.8) is 0 Å². The average Bonchev–Trinajstić information content (AvgIpc) is 3.03. The summed E-state index contributed by atoms with van der Waals surface area (Å²) in [5.74, 6) is 0.953. The molecular formula is C24H19FO3. The van der Waals surface area contributed by atoms with Crippen molar-refractivity contribution < 1.29 is 18.7 Å². The molecule has 28 heavy (non-hydrogen) atoms. The van der Waals surface area contributed by atoms with Crippen molar-refractivity contribution in [1.82, 2.24) is 0 Å². The molecule has 1 aliphatic heterocycles. The summed E-state index contributed by atoms with van der Waals surface area (Å²) in [6.07, 6.45) is 2.72. The van der Waals surface area contributed by atoms with Crippen LogP contribution in [0.1, 0.15) is 34.0 Å². The summed E-state index contributed by atoms with van der Waals surface area (Å²) in [7, 11) is 0. The van der Waals surface area contributed by atoms with Gasteiger partial charge in [-0.2, -0.15) is 0 Å². The minimum Gasteiger partial charge on any atom is -0.489 e. The lowest BCUT2D eigenvalue weighted by atomic mass is 10.1. The average molecular weight is 374 g/mol. The van der Waals surface area contributed by atoms with E-state index >= 15 is 0 Å². The molecule has 0 atom stereocenters. The van der Waals surface area contributed by atoms with E-state index in [9.17, 15) is 9.18 Å². The van der Waals surface area contributed by atoms with Gasteiger partial charge in [0.05, 0.1) is 5.56 Å². The summed E-state index contributed by atoms with van der Waals surface area (Å²) in [4.78, 5) is 12.6. The van der Waals surface area contributed by atoms with Gasteiger partial charge in [-0.05, 0) is 53.5 Å². The number of carbonyl (C=O) groups is 1. The van der Waals surface area contributed by atoms with E-state index in [4.69, 9.17) is 9.47 Å². The smallest absolute Gasteiger partial charge is 0.231 e. The van der Waals surface area contributed by atoms with Gasteiger partial charge in [-0.25, -0.2) is 4.39 Å². The highest BCUT2D eigenvalue weighted by molar-refractivity contribution is 6.14. The largest absolute Gasteiger partial charge is 0.489 e. The van der Waals surface area contributed by atoms with Crippen LogP contribution >= 0.6 is 0 Å². The Kier molecular flexibility index (Phi) is 4.94. The molecule has 0 bridgehead atoms. The van der Waals surface area contributed by atoms with Crippen molar-refractivity contribution >= 4 is 11.9 Å². The molecular weight excluding hydrogens is 355 g/mol. The molecule has 4 rings (SSSR count). The zero-order valence-electron chi connectivity index (χ0n) is 15.4. The molecule has 0 fully saturated rings. The van der Waals surface area contributed by atoms with Crippen LogP contribution in [0.25, 0.3) is 6.08 Å². The molecule has 0 aromatic heterocycles. The van der Waals surface area contributed by atoms with E-state index in [0.29, 0.717) is 29.4 Å². The predicted molar refractivity (Wildman–Crippen MR) is 106 cm³/mol. The third-order valence-electron chi connectivity index (χ3n) is 4.65. The minimum atomic E-state index is -0.281. The Hall–Kier alpha value is -3.40. The third-order valence-corrected chi connectivity index (χ3v) is 4.65. The van der Waals surface area contributed by atoms with Crippen molar-refractivity contribution in [3.05, 3.63) is 101 Å². The number of hydrogen-bond donors (Lipinski definition) is 0. The molecule has 3 aromatic carbocycles. The molecule has 4 heteroatoms. The van der Waals surface area contributed by atoms with Crippen LogP contribution in [0.15, 0.2) is 72.5 Å². The Labute approximate surface area is 163 Å². The number of rotatable bonds is 5. The Morgan fingerprint density at radius 2 is 1.68 bits per heavy atom. The summed E-state index contributed by atoms with van der Waals surface area (Å²) in [5.41, 5.74) is 3.54. The van der Waals surface area contributed by atoms with Gasteiger partial charge in [0.1, 0.15) is 23.9 Å². The topological polar surface area (TPSA) is 35.5 Å². The van der Waals surface area contributed by atoms with Crippen molar-refractivity contribution in [3.8, 4) is 11.5 Å². The van der Waals surface area contributed by atoms with Gasteiger partial charge >= 0.3 is 0 Å². The lowest BCUT2D eigenvalue weighted by molar-refractivity contribution is 0.101. The van der Waals surface area contributed by atoms with Crippen LogP contribution in [-0.4, -0.2) is 5.78 Å². The molecule has 0 radical (unpaired) electrons. The van der Waals surface area contributed by atoms with Gasteiger partial charge in [-0.15, -0.1) is 0 Å². The highest BCUT2D eigenvalue weighted by Gasteiger charge is 2.27. The van der Waals surface area contributed by atoms with Crippen LogP contribution in [0.4, 0.5) is 4.39 Å². The number of hydrogen-bond acceptors (Lipinski definition) is 3. The summed E-state index contributed by atoms with van der Waals surface area (Å²) in [5, 5.41) is 0. The SMILES string of the molecule is CCc1ccc(C=C2Oc3cc(OCc4ccc(F)cc4)ccc3C2=O)cc1. The number of carbonyl (C=O) groups excluding carboxylic acids is 1. The maximum Gasteiger partial charge on any atom is 0.231 e. The van der Waals surface area contributed by atoms with Gasteiger partial charge in [0.2, 0.25) is 5.78 Å². The monoisotopic (exact) mass is 374 g/mol. The third kappa shape index (κ3) is 3.81. The van der Waals surface area contributed by atoms with Gasteiger partial charge in [0.15, 0.2) is 5.76 Å². The Bertz CT molecular complexity index is 1030. The number of ketones is 1. The Morgan fingerprint density at radius 1 is 0.964 bits per heavy atom. The van der Waals surface area contributed by atoms with Crippen LogP contribution < -0.4 is 9.47 Å². The number of ether oxygens (including phenoxy) is 2. The summed E-state index contributed by atoms with van der Waals surface area (Å²) < 4.78 is 24.5. The standard InChI is InChI=1S/C24H19FO3/c1-2-16-3-5-17(6-4-16)13-23-24(26)21-12-11-20(14-22(21)28-23)27-15-18-7-9-19(25)10-8-18/h3-14H,2,15H2,1H3. The number of Topliss-reactive ketones (excluding diaryl/α,β-unsaturated/α-hetero) is 1. The van der Waals surface area contributed by atoms with Crippen LogP contribution in [0.5, 0.6) is 11.5 Å². The summed E-state index contributed by atoms with van der Waals surface area (Å²) in [6, 6.07) is 19.3. The Balaban J connectivity index is 1.49. The number of benzene rings is 3. The number of fused-ring (bicyclic) bond motifs is 1. The highest BCUT2D eigenvalue weighted by atomic mass is 19.1. The van der Waals surface area contributed by atoms with Gasteiger partial charge in [0, 0.05) is 6.07 Å². The fourth-order valence-electron chi connectivity index (χ4n) is 3.01. The molecule has 1 aliphatic rings. The molecule has 0 spiro atoms. The molecule has 3 aromatic rings. The molecule has 0 unspecified atom stereocenters. The van der Waals surface area contributed by atoms with Gasteiger partial charge in [0.25, 0.3) is 0 Å².